The van der Waals surface area contributed by atoms with E-state index < -0.39 is 12.0 Å². The number of anilines is 1. The largest absolute Gasteiger partial charge is 0.497 e. The lowest BCUT2D eigenvalue weighted by molar-refractivity contribution is -0.142. The minimum absolute atomic E-state index is 0.0369. The zero-order chi connectivity index (χ0) is 15.6. The van der Waals surface area contributed by atoms with Gasteiger partial charge in [0.25, 0.3) is 0 Å². The van der Waals surface area contributed by atoms with Crippen LogP contribution in [0.2, 0.25) is 0 Å². The molecule has 1 aromatic carbocycles. The van der Waals surface area contributed by atoms with Crippen molar-refractivity contribution in [3.05, 3.63) is 24.3 Å². The molecule has 6 heteroatoms. The van der Waals surface area contributed by atoms with Gasteiger partial charge in [-0.25, -0.2) is 9.59 Å². The first kappa shape index (κ1) is 15.2. The van der Waals surface area contributed by atoms with Gasteiger partial charge in [-0.3, -0.25) is 4.90 Å². The van der Waals surface area contributed by atoms with Gasteiger partial charge in [0.15, 0.2) is 0 Å². The van der Waals surface area contributed by atoms with Crippen LogP contribution in [0.25, 0.3) is 0 Å². The first-order chi connectivity index (χ1) is 9.95. The van der Waals surface area contributed by atoms with Gasteiger partial charge in [0.05, 0.1) is 7.11 Å². The summed E-state index contributed by atoms with van der Waals surface area (Å²) in [6.07, 6.45) is 0.703. The second kappa shape index (κ2) is 6.03. The molecule has 1 aliphatic rings. The number of benzene rings is 1. The third-order valence-corrected chi connectivity index (χ3v) is 3.93. The Morgan fingerprint density at radius 1 is 1.43 bits per heavy atom. The quantitative estimate of drug-likeness (QED) is 0.925. The minimum atomic E-state index is -0.951. The van der Waals surface area contributed by atoms with Gasteiger partial charge >= 0.3 is 12.0 Å². The van der Waals surface area contributed by atoms with Crippen molar-refractivity contribution in [1.29, 1.82) is 0 Å². The number of aliphatic carboxylic acids is 1. The molecule has 1 N–H and O–H groups in total. The lowest BCUT2D eigenvalue weighted by Gasteiger charge is -2.28. The predicted molar refractivity (Wildman–Crippen MR) is 78.7 cm³/mol. The van der Waals surface area contributed by atoms with Crippen molar-refractivity contribution in [1.82, 2.24) is 4.90 Å². The van der Waals surface area contributed by atoms with E-state index in [9.17, 15) is 14.7 Å². The Morgan fingerprint density at radius 3 is 2.76 bits per heavy atom. The van der Waals surface area contributed by atoms with Crippen LogP contribution in [0.1, 0.15) is 13.3 Å². The molecule has 0 saturated carbocycles. The van der Waals surface area contributed by atoms with Crippen LogP contribution in [0.15, 0.2) is 24.3 Å². The van der Waals surface area contributed by atoms with Crippen molar-refractivity contribution >= 4 is 17.7 Å². The Kier molecular flexibility index (Phi) is 4.35. The molecular formula is C15H20N2O4. The molecule has 0 radical (unpaired) electrons. The average molecular weight is 292 g/mol. The Hall–Kier alpha value is -2.24. The molecule has 1 aliphatic heterocycles. The van der Waals surface area contributed by atoms with Gasteiger partial charge in [0.2, 0.25) is 0 Å². The standard InChI is InChI=1S/C15H20N2O4/c1-10-7-8-17(13(10)14(18)19)15(20)16(2)11-5-4-6-12(9-11)21-3/h4-6,9-10,13H,7-8H2,1-3H3,(H,18,19). The fourth-order valence-electron chi connectivity index (χ4n) is 2.66. The Labute approximate surface area is 123 Å². The van der Waals surface area contributed by atoms with Crippen LogP contribution >= 0.6 is 0 Å². The highest BCUT2D eigenvalue weighted by Gasteiger charge is 2.40. The van der Waals surface area contributed by atoms with Crippen LogP contribution in [-0.2, 0) is 4.79 Å². The number of carbonyl (C=O) groups is 2. The van der Waals surface area contributed by atoms with Gasteiger partial charge in [-0.05, 0) is 24.5 Å². The van der Waals surface area contributed by atoms with E-state index in [1.54, 1.807) is 38.4 Å². The third kappa shape index (κ3) is 2.94. The number of carboxylic acids is 1. The molecule has 2 unspecified atom stereocenters. The van der Waals surface area contributed by atoms with E-state index in [4.69, 9.17) is 4.74 Å². The number of urea groups is 1. The number of likely N-dealkylation sites (tertiary alicyclic amines) is 1. The fourth-order valence-corrected chi connectivity index (χ4v) is 2.66. The number of carbonyl (C=O) groups excluding carboxylic acids is 1. The topological polar surface area (TPSA) is 70.1 Å². The Bertz CT molecular complexity index is 546. The molecule has 1 saturated heterocycles. The first-order valence-corrected chi connectivity index (χ1v) is 6.87. The van der Waals surface area contributed by atoms with Crippen LogP contribution in [0.3, 0.4) is 0 Å². The molecule has 1 fully saturated rings. The summed E-state index contributed by atoms with van der Waals surface area (Å²) in [6.45, 7) is 2.32. The number of nitrogens with zero attached hydrogens (tertiary/aromatic N) is 2. The van der Waals surface area contributed by atoms with E-state index in [1.807, 2.05) is 6.92 Å². The van der Waals surface area contributed by atoms with Crippen molar-refractivity contribution in [3.8, 4) is 5.75 Å². The maximum absolute atomic E-state index is 12.6. The van der Waals surface area contributed by atoms with Crippen LogP contribution in [0.5, 0.6) is 5.75 Å². The van der Waals surface area contributed by atoms with E-state index in [0.29, 0.717) is 24.4 Å². The number of carboxylic acid groups (broad SMARTS) is 1. The van der Waals surface area contributed by atoms with Crippen molar-refractivity contribution < 1.29 is 19.4 Å². The predicted octanol–water partition coefficient (Wildman–Crippen LogP) is 2.05. The van der Waals surface area contributed by atoms with Crippen molar-refractivity contribution in [2.45, 2.75) is 19.4 Å². The highest BCUT2D eigenvalue weighted by molar-refractivity contribution is 5.94. The van der Waals surface area contributed by atoms with E-state index >= 15 is 0 Å². The van der Waals surface area contributed by atoms with Gasteiger partial charge in [0.1, 0.15) is 11.8 Å². The molecule has 1 heterocycles. The second-order valence-electron chi connectivity index (χ2n) is 5.29. The monoisotopic (exact) mass is 292 g/mol. The number of rotatable bonds is 3. The third-order valence-electron chi connectivity index (χ3n) is 3.93. The van der Waals surface area contributed by atoms with Gasteiger partial charge in [-0.15, -0.1) is 0 Å². The summed E-state index contributed by atoms with van der Waals surface area (Å²) in [6, 6.07) is 6.05. The summed E-state index contributed by atoms with van der Waals surface area (Å²) in [5, 5.41) is 9.31. The van der Waals surface area contributed by atoms with Gasteiger partial charge in [-0.1, -0.05) is 13.0 Å². The average Bonchev–Trinajstić information content (AvgIpc) is 2.87. The molecular weight excluding hydrogens is 272 g/mol. The smallest absolute Gasteiger partial charge is 0.326 e. The number of hydrogen-bond donors (Lipinski definition) is 1. The molecule has 0 bridgehead atoms. The number of ether oxygens (including phenoxy) is 1. The summed E-state index contributed by atoms with van der Waals surface area (Å²) in [7, 11) is 3.20. The van der Waals surface area contributed by atoms with E-state index in [0.717, 1.165) is 0 Å². The summed E-state index contributed by atoms with van der Waals surface area (Å²) in [5.41, 5.74) is 0.669. The molecule has 2 amide bonds. The molecule has 0 aliphatic carbocycles. The zero-order valence-corrected chi connectivity index (χ0v) is 12.4. The molecule has 6 nitrogen and oxygen atoms in total. The molecule has 2 atom stereocenters. The first-order valence-electron chi connectivity index (χ1n) is 6.87. The maximum Gasteiger partial charge on any atom is 0.326 e. The Balaban J connectivity index is 2.20. The molecule has 1 aromatic rings. The molecule has 21 heavy (non-hydrogen) atoms. The van der Waals surface area contributed by atoms with Crippen molar-refractivity contribution in [2.24, 2.45) is 5.92 Å². The molecule has 0 spiro atoms. The van der Waals surface area contributed by atoms with E-state index in [2.05, 4.69) is 0 Å². The summed E-state index contributed by atoms with van der Waals surface area (Å²) in [5.74, 6) is -0.339. The highest BCUT2D eigenvalue weighted by Crippen LogP contribution is 2.27. The Morgan fingerprint density at radius 2 is 2.14 bits per heavy atom. The molecule has 0 aromatic heterocycles. The van der Waals surface area contributed by atoms with E-state index in [1.165, 1.54) is 9.80 Å². The highest BCUT2D eigenvalue weighted by atomic mass is 16.5. The summed E-state index contributed by atoms with van der Waals surface area (Å²) >= 11 is 0. The van der Waals surface area contributed by atoms with Crippen molar-refractivity contribution in [2.75, 3.05) is 25.6 Å². The van der Waals surface area contributed by atoms with Gasteiger partial charge < -0.3 is 14.7 Å². The lowest BCUT2D eigenvalue weighted by Crippen LogP contribution is -2.48. The molecule has 2 rings (SSSR count). The van der Waals surface area contributed by atoms with Crippen LogP contribution in [0, 0.1) is 5.92 Å². The second-order valence-corrected chi connectivity index (χ2v) is 5.29. The fraction of sp³-hybridized carbons (Fsp3) is 0.467. The number of hydrogen-bond acceptors (Lipinski definition) is 3. The SMILES string of the molecule is COc1cccc(N(C)C(=O)N2CCC(C)C2C(=O)O)c1. The van der Waals surface area contributed by atoms with Crippen LogP contribution in [-0.4, -0.2) is 48.8 Å². The normalized spacial score (nSPS) is 21.2. The van der Waals surface area contributed by atoms with Gasteiger partial charge in [0, 0.05) is 25.3 Å². The zero-order valence-electron chi connectivity index (χ0n) is 12.4. The van der Waals surface area contributed by atoms with Gasteiger partial charge in [-0.2, -0.15) is 0 Å². The maximum atomic E-state index is 12.6. The lowest BCUT2D eigenvalue weighted by atomic mass is 10.0. The van der Waals surface area contributed by atoms with Crippen molar-refractivity contribution in [3.63, 3.8) is 0 Å². The van der Waals surface area contributed by atoms with E-state index in [-0.39, 0.29) is 11.9 Å². The summed E-state index contributed by atoms with van der Waals surface area (Å²) < 4.78 is 5.14. The van der Waals surface area contributed by atoms with Crippen LogP contribution < -0.4 is 9.64 Å². The summed E-state index contributed by atoms with van der Waals surface area (Å²) in [4.78, 5) is 26.8. The minimum Gasteiger partial charge on any atom is -0.497 e. The van der Waals surface area contributed by atoms with Crippen LogP contribution in [0.4, 0.5) is 10.5 Å². The number of amides is 2. The molecule has 114 valence electrons. The number of methoxy groups -OCH3 is 1.